The zero-order chi connectivity index (χ0) is 20.8. The maximum atomic E-state index is 12.2. The van der Waals surface area contributed by atoms with E-state index in [2.05, 4.69) is 29.6 Å². The van der Waals surface area contributed by atoms with Gasteiger partial charge in [-0.15, -0.1) is 0 Å². The van der Waals surface area contributed by atoms with Crippen molar-refractivity contribution in [3.8, 4) is 16.9 Å². The third-order valence-electron chi connectivity index (χ3n) is 5.21. The second-order valence-electron chi connectivity index (χ2n) is 7.11. The van der Waals surface area contributed by atoms with Gasteiger partial charge in [-0.1, -0.05) is 72.8 Å². The lowest BCUT2D eigenvalue weighted by Gasteiger charge is -2.14. The van der Waals surface area contributed by atoms with Crippen molar-refractivity contribution in [2.75, 3.05) is 19.8 Å². The first kappa shape index (κ1) is 19.8. The molecule has 152 valence electrons. The van der Waals surface area contributed by atoms with Crippen LogP contribution in [0.4, 0.5) is 4.79 Å². The Morgan fingerprint density at radius 2 is 1.57 bits per heavy atom. The van der Waals surface area contributed by atoms with Crippen LogP contribution in [0.2, 0.25) is 0 Å². The van der Waals surface area contributed by atoms with Crippen molar-refractivity contribution in [2.45, 2.75) is 12.8 Å². The van der Waals surface area contributed by atoms with Gasteiger partial charge >= 0.3 is 6.09 Å². The third kappa shape index (κ3) is 4.38. The molecule has 3 aromatic rings. The molecule has 1 amide bonds. The van der Waals surface area contributed by atoms with E-state index < -0.39 is 6.09 Å². The highest BCUT2D eigenvalue weighted by Crippen LogP contribution is 2.44. The quantitative estimate of drug-likeness (QED) is 0.559. The van der Waals surface area contributed by atoms with Crippen LogP contribution in [0.1, 0.15) is 29.5 Å². The summed E-state index contributed by atoms with van der Waals surface area (Å²) < 4.78 is 11.0. The van der Waals surface area contributed by atoms with E-state index in [1.807, 2.05) is 67.6 Å². The number of carbonyl (C=O) groups is 1. The van der Waals surface area contributed by atoms with Gasteiger partial charge in [-0.05, 0) is 46.9 Å². The summed E-state index contributed by atoms with van der Waals surface area (Å²) in [5, 5.41) is 2.78. The van der Waals surface area contributed by atoms with Crippen molar-refractivity contribution in [3.63, 3.8) is 0 Å². The Morgan fingerprint density at radius 1 is 0.933 bits per heavy atom. The Balaban J connectivity index is 1.29. The summed E-state index contributed by atoms with van der Waals surface area (Å²) in [6, 6.07) is 24.5. The first-order valence-corrected chi connectivity index (χ1v) is 10.2. The minimum Gasteiger partial charge on any atom is -0.494 e. The van der Waals surface area contributed by atoms with Gasteiger partial charge in [0.15, 0.2) is 0 Å². The fraction of sp³-hybridized carbons (Fsp3) is 0.192. The predicted molar refractivity (Wildman–Crippen MR) is 120 cm³/mol. The highest BCUT2D eigenvalue weighted by molar-refractivity contribution is 5.79. The zero-order valence-electron chi connectivity index (χ0n) is 17.0. The second-order valence-corrected chi connectivity index (χ2v) is 7.11. The van der Waals surface area contributed by atoms with Gasteiger partial charge in [-0.2, -0.15) is 0 Å². The molecule has 4 rings (SSSR count). The average Bonchev–Trinajstić information content (AvgIpc) is 3.10. The van der Waals surface area contributed by atoms with Crippen molar-refractivity contribution in [3.05, 3.63) is 95.6 Å². The van der Waals surface area contributed by atoms with Crippen molar-refractivity contribution >= 4 is 12.2 Å². The molecule has 4 heteroatoms. The highest BCUT2D eigenvalue weighted by atomic mass is 16.5. The Hall–Kier alpha value is -3.53. The van der Waals surface area contributed by atoms with Gasteiger partial charge in [0.1, 0.15) is 12.4 Å². The first-order chi connectivity index (χ1) is 14.8. The van der Waals surface area contributed by atoms with Crippen LogP contribution in [0, 0.1) is 0 Å². The summed E-state index contributed by atoms with van der Waals surface area (Å²) in [6.45, 7) is 3.34. The fourth-order valence-electron chi connectivity index (χ4n) is 3.83. The summed E-state index contributed by atoms with van der Waals surface area (Å²) >= 11 is 0. The van der Waals surface area contributed by atoms with Gasteiger partial charge in [0, 0.05) is 12.5 Å². The SMILES string of the molecule is CCOc1ccc(C=CCNC(=O)OCC2c3ccccc3-c3ccccc32)cc1. The molecule has 0 aromatic heterocycles. The molecule has 0 fully saturated rings. The number of nitrogens with one attached hydrogen (secondary N) is 1. The second kappa shape index (κ2) is 9.31. The molecule has 0 aliphatic heterocycles. The Labute approximate surface area is 177 Å². The monoisotopic (exact) mass is 399 g/mol. The van der Waals surface area contributed by atoms with E-state index in [0.717, 1.165) is 11.3 Å². The maximum Gasteiger partial charge on any atom is 0.407 e. The van der Waals surface area contributed by atoms with Crippen molar-refractivity contribution in [1.29, 1.82) is 0 Å². The van der Waals surface area contributed by atoms with Crippen LogP contribution >= 0.6 is 0 Å². The summed E-state index contributed by atoms with van der Waals surface area (Å²) in [6.07, 6.45) is 3.45. The normalized spacial score (nSPS) is 12.4. The fourth-order valence-corrected chi connectivity index (χ4v) is 3.83. The summed E-state index contributed by atoms with van der Waals surface area (Å²) in [5.41, 5.74) is 5.91. The van der Waals surface area contributed by atoms with Crippen molar-refractivity contribution in [2.24, 2.45) is 0 Å². The molecule has 1 aliphatic rings. The van der Waals surface area contributed by atoms with E-state index in [9.17, 15) is 4.79 Å². The molecule has 0 radical (unpaired) electrons. The van der Waals surface area contributed by atoms with Crippen LogP contribution in [0.5, 0.6) is 5.75 Å². The molecule has 0 saturated heterocycles. The van der Waals surface area contributed by atoms with Crippen LogP contribution in [-0.4, -0.2) is 25.9 Å². The molecule has 0 heterocycles. The van der Waals surface area contributed by atoms with E-state index in [4.69, 9.17) is 9.47 Å². The Bertz CT molecular complexity index is 995. The van der Waals surface area contributed by atoms with Gasteiger partial charge in [-0.25, -0.2) is 4.79 Å². The molecule has 4 nitrogen and oxygen atoms in total. The number of fused-ring (bicyclic) bond motifs is 3. The van der Waals surface area contributed by atoms with Crippen LogP contribution in [-0.2, 0) is 4.74 Å². The smallest absolute Gasteiger partial charge is 0.407 e. The number of benzene rings is 3. The van der Waals surface area contributed by atoms with E-state index >= 15 is 0 Å². The molecular weight excluding hydrogens is 374 g/mol. The maximum absolute atomic E-state index is 12.2. The molecule has 1 N–H and O–H groups in total. The lowest BCUT2D eigenvalue weighted by atomic mass is 9.98. The van der Waals surface area contributed by atoms with E-state index in [-0.39, 0.29) is 5.92 Å². The molecule has 0 spiro atoms. The van der Waals surface area contributed by atoms with Gasteiger partial charge in [-0.3, -0.25) is 0 Å². The molecular formula is C26H25NO3. The highest BCUT2D eigenvalue weighted by Gasteiger charge is 2.28. The Kier molecular flexibility index (Phi) is 6.14. The topological polar surface area (TPSA) is 47.6 Å². The minimum atomic E-state index is -0.409. The lowest BCUT2D eigenvalue weighted by Crippen LogP contribution is -2.26. The predicted octanol–water partition coefficient (Wildman–Crippen LogP) is 5.64. The van der Waals surface area contributed by atoms with Crippen molar-refractivity contribution in [1.82, 2.24) is 5.32 Å². The number of rotatable bonds is 7. The molecule has 0 atom stereocenters. The van der Waals surface area contributed by atoms with Crippen LogP contribution in [0.3, 0.4) is 0 Å². The number of amides is 1. The van der Waals surface area contributed by atoms with Crippen LogP contribution in [0.15, 0.2) is 78.9 Å². The van der Waals surface area contributed by atoms with Crippen LogP contribution in [0.25, 0.3) is 17.2 Å². The Morgan fingerprint density at radius 3 is 2.20 bits per heavy atom. The minimum absolute atomic E-state index is 0.0718. The zero-order valence-corrected chi connectivity index (χ0v) is 17.0. The number of hydrogen-bond donors (Lipinski definition) is 1. The molecule has 3 aromatic carbocycles. The number of hydrogen-bond acceptors (Lipinski definition) is 3. The number of alkyl carbamates (subject to hydrolysis) is 1. The third-order valence-corrected chi connectivity index (χ3v) is 5.21. The molecule has 30 heavy (non-hydrogen) atoms. The van der Waals surface area contributed by atoms with E-state index in [1.54, 1.807) is 0 Å². The molecule has 0 saturated carbocycles. The van der Waals surface area contributed by atoms with E-state index in [1.165, 1.54) is 22.3 Å². The van der Waals surface area contributed by atoms with E-state index in [0.29, 0.717) is 19.8 Å². The van der Waals surface area contributed by atoms with Gasteiger partial charge < -0.3 is 14.8 Å². The average molecular weight is 399 g/mol. The van der Waals surface area contributed by atoms with Gasteiger partial charge in [0.05, 0.1) is 6.61 Å². The number of carbonyl (C=O) groups excluding carboxylic acids is 1. The summed E-state index contributed by atoms with van der Waals surface area (Å²) in [5.74, 6) is 0.925. The number of ether oxygens (including phenoxy) is 2. The van der Waals surface area contributed by atoms with Gasteiger partial charge in [0.2, 0.25) is 0 Å². The molecule has 1 aliphatic carbocycles. The molecule has 0 unspecified atom stereocenters. The standard InChI is InChI=1S/C26H25NO3/c1-2-29-20-15-13-19(14-16-20)8-7-17-27-26(28)30-18-25-23-11-5-3-9-21(23)22-10-4-6-12-24(22)25/h3-16,25H,2,17-18H2,1H3,(H,27,28). The summed E-state index contributed by atoms with van der Waals surface area (Å²) in [7, 11) is 0. The summed E-state index contributed by atoms with van der Waals surface area (Å²) in [4.78, 5) is 12.2. The first-order valence-electron chi connectivity index (χ1n) is 10.2. The van der Waals surface area contributed by atoms with Crippen LogP contribution < -0.4 is 10.1 Å². The lowest BCUT2D eigenvalue weighted by molar-refractivity contribution is 0.144. The largest absolute Gasteiger partial charge is 0.494 e. The molecule has 0 bridgehead atoms. The van der Waals surface area contributed by atoms with Crippen molar-refractivity contribution < 1.29 is 14.3 Å². The van der Waals surface area contributed by atoms with Gasteiger partial charge in [0.25, 0.3) is 0 Å².